The largest absolute Gasteiger partial charge is 0.394 e. The van der Waals surface area contributed by atoms with Gasteiger partial charge in [-0.05, 0) is 41.5 Å². The monoisotopic (exact) mass is 391 g/mol. The van der Waals surface area contributed by atoms with Crippen molar-refractivity contribution in [2.24, 2.45) is 5.92 Å². The fourth-order valence-corrected chi connectivity index (χ4v) is 1.02. The van der Waals surface area contributed by atoms with Gasteiger partial charge < -0.3 is 15.3 Å². The van der Waals surface area contributed by atoms with Crippen LogP contribution in [0.25, 0.3) is 0 Å². The van der Waals surface area contributed by atoms with Gasteiger partial charge >= 0.3 is 0 Å². The van der Waals surface area contributed by atoms with E-state index in [1.807, 2.05) is 0 Å². The fraction of sp³-hybridized carbons (Fsp3) is 0.722. The van der Waals surface area contributed by atoms with Crippen molar-refractivity contribution in [2.75, 3.05) is 0 Å². The Bertz CT molecular complexity index is 245. The van der Waals surface area contributed by atoms with Gasteiger partial charge in [0.15, 0.2) is 0 Å². The first kappa shape index (κ1) is 30.0. The average Bonchev–Trinajstić information content (AvgIpc) is 2.65. The van der Waals surface area contributed by atoms with Gasteiger partial charge in [0, 0.05) is 44.5 Å². The van der Waals surface area contributed by atoms with Gasteiger partial charge in [0.05, 0.1) is 0 Å². The SMILES string of the molecule is CC(C)C[c-]1cccc1.CC(C)O.CC(C)O.CC(C)O.[Zr]. The van der Waals surface area contributed by atoms with Crippen LogP contribution in [-0.4, -0.2) is 33.6 Å². The molecule has 1 rings (SSSR count). The van der Waals surface area contributed by atoms with E-state index in [4.69, 9.17) is 15.3 Å². The molecule has 22 heavy (non-hydrogen) atoms. The van der Waals surface area contributed by atoms with Crippen LogP contribution in [0.1, 0.15) is 61.0 Å². The molecule has 3 N–H and O–H groups in total. The molecule has 0 spiro atoms. The summed E-state index contributed by atoms with van der Waals surface area (Å²) in [5.41, 5.74) is 1.46. The van der Waals surface area contributed by atoms with Gasteiger partial charge in [0.2, 0.25) is 0 Å². The van der Waals surface area contributed by atoms with Gasteiger partial charge in [-0.3, -0.25) is 0 Å². The second-order valence-corrected chi connectivity index (χ2v) is 6.17. The summed E-state index contributed by atoms with van der Waals surface area (Å²) < 4.78 is 0. The summed E-state index contributed by atoms with van der Waals surface area (Å²) in [7, 11) is 0. The maximum absolute atomic E-state index is 8.06. The van der Waals surface area contributed by atoms with E-state index in [2.05, 4.69) is 38.1 Å². The molecular weight excluding hydrogens is 355 g/mol. The maximum Gasteiger partial charge on any atom is 0.0483 e. The summed E-state index contributed by atoms with van der Waals surface area (Å²) in [5, 5.41) is 24.2. The first-order valence-electron chi connectivity index (χ1n) is 7.73. The summed E-state index contributed by atoms with van der Waals surface area (Å²) in [4.78, 5) is 0. The molecule has 0 aliphatic carbocycles. The number of aliphatic hydroxyl groups is 3. The van der Waals surface area contributed by atoms with Crippen LogP contribution in [0.3, 0.4) is 0 Å². The molecule has 0 unspecified atom stereocenters. The molecule has 0 saturated carbocycles. The van der Waals surface area contributed by atoms with Crippen molar-refractivity contribution in [2.45, 2.75) is 80.1 Å². The van der Waals surface area contributed by atoms with E-state index in [1.165, 1.54) is 12.0 Å². The summed E-state index contributed by atoms with van der Waals surface area (Å²) in [6.45, 7) is 14.8. The van der Waals surface area contributed by atoms with Crippen molar-refractivity contribution >= 4 is 0 Å². The van der Waals surface area contributed by atoms with Crippen molar-refractivity contribution in [3.8, 4) is 0 Å². The van der Waals surface area contributed by atoms with Crippen LogP contribution in [0.4, 0.5) is 0 Å². The Hall–Kier alpha value is 0.113. The predicted molar refractivity (Wildman–Crippen MR) is 92.6 cm³/mol. The van der Waals surface area contributed by atoms with Crippen LogP contribution in [0, 0.1) is 5.92 Å². The molecule has 0 aromatic heterocycles. The molecule has 0 atom stereocenters. The Morgan fingerprint density at radius 3 is 1.09 bits per heavy atom. The second kappa shape index (κ2) is 21.1. The summed E-state index contributed by atoms with van der Waals surface area (Å²) >= 11 is 0. The third-order valence-electron chi connectivity index (χ3n) is 1.38. The van der Waals surface area contributed by atoms with Gasteiger partial charge in [-0.2, -0.15) is 17.7 Å². The number of hydrogen-bond acceptors (Lipinski definition) is 3. The molecule has 1 aromatic carbocycles. The molecular formula is C18H37O3Zr-. The normalized spacial score (nSPS) is 9.23. The molecule has 3 nitrogen and oxygen atoms in total. The smallest absolute Gasteiger partial charge is 0.0483 e. The van der Waals surface area contributed by atoms with Gasteiger partial charge in [-0.25, -0.2) is 12.1 Å². The van der Waals surface area contributed by atoms with Gasteiger partial charge in [-0.1, -0.05) is 26.2 Å². The van der Waals surface area contributed by atoms with E-state index >= 15 is 0 Å². The minimum atomic E-state index is -0.167. The van der Waals surface area contributed by atoms with E-state index in [-0.39, 0.29) is 44.5 Å². The molecule has 0 aliphatic rings. The standard InChI is InChI=1S/C9H13.3C3H8O.Zr/c1-8(2)7-9-5-3-4-6-9;3*1-3(2)4;/h3-6,8H,7H2,1-2H3;3*3-4H,1-2H3;/q-1;;;;. The van der Waals surface area contributed by atoms with E-state index in [9.17, 15) is 0 Å². The molecule has 0 amide bonds. The number of rotatable bonds is 2. The van der Waals surface area contributed by atoms with Crippen molar-refractivity contribution in [3.63, 3.8) is 0 Å². The van der Waals surface area contributed by atoms with E-state index in [0.29, 0.717) is 0 Å². The molecule has 132 valence electrons. The molecule has 4 heteroatoms. The molecule has 0 bridgehead atoms. The Balaban J connectivity index is -0.000000107. The van der Waals surface area contributed by atoms with Crippen molar-refractivity contribution < 1.29 is 41.5 Å². The Kier molecular flexibility index (Phi) is 28.8. The van der Waals surface area contributed by atoms with E-state index in [0.717, 1.165) is 5.92 Å². The Labute approximate surface area is 157 Å². The van der Waals surface area contributed by atoms with Gasteiger partial charge in [0.25, 0.3) is 0 Å². The predicted octanol–water partition coefficient (Wildman–Crippen LogP) is 3.76. The van der Waals surface area contributed by atoms with Crippen LogP contribution < -0.4 is 0 Å². The van der Waals surface area contributed by atoms with Gasteiger partial charge in [-0.15, -0.1) is 0 Å². The fourth-order valence-electron chi connectivity index (χ4n) is 1.02. The summed E-state index contributed by atoms with van der Waals surface area (Å²) in [5.74, 6) is 0.785. The van der Waals surface area contributed by atoms with Crippen LogP contribution >= 0.6 is 0 Å². The zero-order chi connectivity index (χ0) is 17.4. The molecule has 0 aliphatic heterocycles. The maximum atomic E-state index is 8.06. The second-order valence-electron chi connectivity index (χ2n) is 6.17. The minimum Gasteiger partial charge on any atom is -0.394 e. The Morgan fingerprint density at radius 2 is 0.909 bits per heavy atom. The number of hydrogen-bond donors (Lipinski definition) is 3. The van der Waals surface area contributed by atoms with Crippen molar-refractivity contribution in [1.29, 1.82) is 0 Å². The molecule has 0 heterocycles. The van der Waals surface area contributed by atoms with E-state index in [1.54, 1.807) is 41.5 Å². The third-order valence-corrected chi connectivity index (χ3v) is 1.38. The van der Waals surface area contributed by atoms with Crippen LogP contribution in [0.15, 0.2) is 24.3 Å². The van der Waals surface area contributed by atoms with Crippen molar-refractivity contribution in [3.05, 3.63) is 29.8 Å². The topological polar surface area (TPSA) is 60.7 Å². The zero-order valence-electron chi connectivity index (χ0n) is 15.7. The first-order valence-corrected chi connectivity index (χ1v) is 7.73. The van der Waals surface area contributed by atoms with Crippen LogP contribution in [0.5, 0.6) is 0 Å². The molecule has 0 fully saturated rings. The molecule has 0 radical (unpaired) electrons. The Morgan fingerprint density at radius 1 is 0.682 bits per heavy atom. The summed E-state index contributed by atoms with van der Waals surface area (Å²) in [6, 6.07) is 8.55. The van der Waals surface area contributed by atoms with E-state index < -0.39 is 0 Å². The van der Waals surface area contributed by atoms with Crippen molar-refractivity contribution in [1.82, 2.24) is 0 Å². The minimum absolute atomic E-state index is 0. The molecule has 0 saturated heterocycles. The first-order chi connectivity index (χ1) is 9.48. The summed E-state index contributed by atoms with van der Waals surface area (Å²) in [6.07, 6.45) is 0.715. The third kappa shape index (κ3) is 59.5. The molecule has 1 aromatic rings. The van der Waals surface area contributed by atoms with Gasteiger partial charge in [0.1, 0.15) is 0 Å². The zero-order valence-corrected chi connectivity index (χ0v) is 18.1. The average molecular weight is 393 g/mol. The van der Waals surface area contributed by atoms with Crippen LogP contribution in [0.2, 0.25) is 0 Å². The number of aliphatic hydroxyl groups excluding tert-OH is 3. The van der Waals surface area contributed by atoms with Crippen LogP contribution in [-0.2, 0) is 32.6 Å². The quantitative estimate of drug-likeness (QED) is 0.672.